The fraction of sp³-hybridized carbons (Fsp3) is 0.969. The van der Waals surface area contributed by atoms with Gasteiger partial charge in [-0.3, -0.25) is 4.79 Å². The van der Waals surface area contributed by atoms with Crippen LogP contribution in [0.2, 0.25) is 0 Å². The van der Waals surface area contributed by atoms with Gasteiger partial charge in [0.15, 0.2) is 0 Å². The first-order valence-corrected chi connectivity index (χ1v) is 16.3. The standard InChI is InChI=1S/C32H63NO4/c1-3-5-7-9-10-16-22-30(21-15-8-6-4-2)32(35)36-28-20-14-12-18-25-33(26-23-31-29-37-31)24-17-11-13-19-27-34/h30-31,34H,3-29H2,1-2H3. The zero-order valence-corrected chi connectivity index (χ0v) is 24.9. The fourth-order valence-electron chi connectivity index (χ4n) is 5.15. The monoisotopic (exact) mass is 525 g/mol. The minimum atomic E-state index is 0.0692. The van der Waals surface area contributed by atoms with Crippen LogP contribution in [-0.4, -0.2) is 61.5 Å². The molecule has 2 unspecified atom stereocenters. The lowest BCUT2D eigenvalue weighted by atomic mass is 9.94. The quantitative estimate of drug-likeness (QED) is 0.0607. The summed E-state index contributed by atoms with van der Waals surface area (Å²) in [5.74, 6) is 0.184. The van der Waals surface area contributed by atoms with Crippen LogP contribution in [0.25, 0.3) is 0 Å². The smallest absolute Gasteiger partial charge is 0.308 e. The van der Waals surface area contributed by atoms with Gasteiger partial charge in [-0.25, -0.2) is 0 Å². The highest BCUT2D eigenvalue weighted by atomic mass is 16.6. The average Bonchev–Trinajstić information content (AvgIpc) is 3.73. The van der Waals surface area contributed by atoms with Crippen molar-refractivity contribution in [1.29, 1.82) is 0 Å². The van der Waals surface area contributed by atoms with E-state index in [-0.39, 0.29) is 11.9 Å². The average molecular weight is 526 g/mol. The first-order chi connectivity index (χ1) is 18.2. The summed E-state index contributed by atoms with van der Waals surface area (Å²) in [5, 5.41) is 8.96. The van der Waals surface area contributed by atoms with Gasteiger partial charge < -0.3 is 19.5 Å². The van der Waals surface area contributed by atoms with E-state index in [2.05, 4.69) is 18.7 Å². The third-order valence-electron chi connectivity index (χ3n) is 7.81. The van der Waals surface area contributed by atoms with E-state index >= 15 is 0 Å². The lowest BCUT2D eigenvalue weighted by Crippen LogP contribution is -2.28. The second-order valence-corrected chi connectivity index (χ2v) is 11.4. The lowest BCUT2D eigenvalue weighted by molar-refractivity contribution is -0.149. The zero-order chi connectivity index (χ0) is 26.8. The van der Waals surface area contributed by atoms with E-state index in [1.807, 2.05) is 0 Å². The van der Waals surface area contributed by atoms with Gasteiger partial charge in [0.25, 0.3) is 0 Å². The molecule has 1 saturated heterocycles. The normalized spacial score (nSPS) is 15.8. The molecule has 5 heteroatoms. The van der Waals surface area contributed by atoms with Crippen LogP contribution in [0.1, 0.15) is 149 Å². The number of hydrogen-bond acceptors (Lipinski definition) is 5. The number of carbonyl (C=O) groups excluding carboxylic acids is 1. The molecular weight excluding hydrogens is 462 g/mol. The highest BCUT2D eigenvalue weighted by molar-refractivity contribution is 5.72. The summed E-state index contributed by atoms with van der Waals surface area (Å²) in [6.45, 7) is 9.81. The molecule has 0 aliphatic carbocycles. The zero-order valence-electron chi connectivity index (χ0n) is 24.9. The van der Waals surface area contributed by atoms with E-state index in [0.717, 1.165) is 77.6 Å². The van der Waals surface area contributed by atoms with Crippen molar-refractivity contribution in [2.75, 3.05) is 39.5 Å². The van der Waals surface area contributed by atoms with Crippen molar-refractivity contribution in [3.05, 3.63) is 0 Å². The van der Waals surface area contributed by atoms with Gasteiger partial charge in [-0.1, -0.05) is 104 Å². The fourth-order valence-corrected chi connectivity index (χ4v) is 5.15. The molecule has 1 N–H and O–H groups in total. The molecule has 1 heterocycles. The molecule has 1 rings (SSSR count). The van der Waals surface area contributed by atoms with Gasteiger partial charge in [-0.15, -0.1) is 0 Å². The molecular formula is C32H63NO4. The van der Waals surface area contributed by atoms with Crippen molar-refractivity contribution in [2.45, 2.75) is 155 Å². The van der Waals surface area contributed by atoms with E-state index in [9.17, 15) is 4.79 Å². The first kappa shape index (κ1) is 34.4. The highest BCUT2D eigenvalue weighted by Gasteiger charge is 2.23. The van der Waals surface area contributed by atoms with Crippen molar-refractivity contribution in [3.8, 4) is 0 Å². The number of aliphatic hydroxyl groups is 1. The molecule has 220 valence electrons. The molecule has 1 aliphatic rings. The van der Waals surface area contributed by atoms with E-state index in [1.165, 1.54) is 83.5 Å². The van der Waals surface area contributed by atoms with Crippen molar-refractivity contribution >= 4 is 5.97 Å². The predicted octanol–water partition coefficient (Wildman–Crippen LogP) is 8.07. The lowest BCUT2D eigenvalue weighted by Gasteiger charge is -2.22. The number of aliphatic hydroxyl groups excluding tert-OH is 1. The topological polar surface area (TPSA) is 62.3 Å². The van der Waals surface area contributed by atoms with Crippen LogP contribution in [0.15, 0.2) is 0 Å². The molecule has 0 aromatic rings. The Morgan fingerprint density at radius 2 is 1.27 bits per heavy atom. The number of esters is 1. The Hall–Kier alpha value is -0.650. The Bertz CT molecular complexity index is 497. The molecule has 0 amide bonds. The maximum absolute atomic E-state index is 12.8. The third kappa shape index (κ3) is 21.9. The first-order valence-electron chi connectivity index (χ1n) is 16.3. The van der Waals surface area contributed by atoms with Crippen LogP contribution in [0.3, 0.4) is 0 Å². The Balaban J connectivity index is 2.18. The number of unbranched alkanes of at least 4 members (excludes halogenated alkanes) is 14. The van der Waals surface area contributed by atoms with Crippen LogP contribution in [0.5, 0.6) is 0 Å². The van der Waals surface area contributed by atoms with Crippen molar-refractivity contribution in [1.82, 2.24) is 4.90 Å². The van der Waals surface area contributed by atoms with Crippen LogP contribution in [0, 0.1) is 5.92 Å². The summed E-state index contributed by atoms with van der Waals surface area (Å²) < 4.78 is 11.2. The number of hydrogen-bond donors (Lipinski definition) is 1. The predicted molar refractivity (Wildman–Crippen MR) is 156 cm³/mol. The second-order valence-electron chi connectivity index (χ2n) is 11.4. The maximum atomic E-state index is 12.8. The summed E-state index contributed by atoms with van der Waals surface area (Å²) in [6, 6.07) is 0. The summed E-state index contributed by atoms with van der Waals surface area (Å²) in [4.78, 5) is 15.4. The molecule has 37 heavy (non-hydrogen) atoms. The van der Waals surface area contributed by atoms with Crippen LogP contribution >= 0.6 is 0 Å². The van der Waals surface area contributed by atoms with E-state index in [0.29, 0.717) is 19.3 Å². The molecule has 0 bridgehead atoms. The second kappa shape index (κ2) is 25.6. The van der Waals surface area contributed by atoms with Crippen LogP contribution in [-0.2, 0) is 14.3 Å². The summed E-state index contributed by atoms with van der Waals surface area (Å²) in [6.07, 6.45) is 25.3. The van der Waals surface area contributed by atoms with Gasteiger partial charge in [0, 0.05) is 13.2 Å². The number of nitrogens with zero attached hydrogens (tertiary/aromatic N) is 1. The van der Waals surface area contributed by atoms with Gasteiger partial charge in [0.05, 0.1) is 25.2 Å². The van der Waals surface area contributed by atoms with Gasteiger partial charge in [0.1, 0.15) is 0 Å². The molecule has 0 radical (unpaired) electrons. The maximum Gasteiger partial charge on any atom is 0.308 e. The van der Waals surface area contributed by atoms with Crippen LogP contribution in [0.4, 0.5) is 0 Å². The minimum Gasteiger partial charge on any atom is -0.465 e. The van der Waals surface area contributed by atoms with Gasteiger partial charge in [-0.05, 0) is 58.0 Å². The Morgan fingerprint density at radius 1 is 0.757 bits per heavy atom. The summed E-state index contributed by atoms with van der Waals surface area (Å²) >= 11 is 0. The third-order valence-corrected chi connectivity index (χ3v) is 7.81. The van der Waals surface area contributed by atoms with E-state index in [1.54, 1.807) is 0 Å². The van der Waals surface area contributed by atoms with Crippen molar-refractivity contribution in [2.24, 2.45) is 5.92 Å². The Kier molecular flexibility index (Phi) is 23.8. The molecule has 5 nitrogen and oxygen atoms in total. The van der Waals surface area contributed by atoms with Crippen molar-refractivity contribution in [3.63, 3.8) is 0 Å². The number of rotatable bonds is 29. The van der Waals surface area contributed by atoms with Gasteiger partial charge in [0.2, 0.25) is 0 Å². The number of epoxide rings is 1. The van der Waals surface area contributed by atoms with Crippen LogP contribution < -0.4 is 0 Å². The minimum absolute atomic E-state index is 0.0692. The van der Waals surface area contributed by atoms with E-state index < -0.39 is 0 Å². The number of carbonyl (C=O) groups is 1. The van der Waals surface area contributed by atoms with Crippen molar-refractivity contribution < 1.29 is 19.4 Å². The molecule has 0 saturated carbocycles. The summed E-state index contributed by atoms with van der Waals surface area (Å²) in [5.41, 5.74) is 0. The molecule has 0 aromatic heterocycles. The molecule has 1 aliphatic heterocycles. The molecule has 0 spiro atoms. The summed E-state index contributed by atoms with van der Waals surface area (Å²) in [7, 11) is 0. The molecule has 0 aromatic carbocycles. The van der Waals surface area contributed by atoms with Gasteiger partial charge in [-0.2, -0.15) is 0 Å². The largest absolute Gasteiger partial charge is 0.465 e. The van der Waals surface area contributed by atoms with Gasteiger partial charge >= 0.3 is 5.97 Å². The highest BCUT2D eigenvalue weighted by Crippen LogP contribution is 2.21. The Labute approximate surface area is 230 Å². The molecule has 2 atom stereocenters. The SMILES string of the molecule is CCCCCCCCC(CCCCCC)C(=O)OCCCCCCN(CCCCCCO)CCC1CO1. The molecule has 1 fully saturated rings. The van der Waals surface area contributed by atoms with E-state index in [4.69, 9.17) is 14.6 Å². The number of ether oxygens (including phenoxy) is 2. The Morgan fingerprint density at radius 3 is 1.86 bits per heavy atom.